The van der Waals surface area contributed by atoms with E-state index in [1.165, 1.54) is 33.7 Å². The van der Waals surface area contributed by atoms with Crippen molar-refractivity contribution in [1.29, 1.82) is 0 Å². The molecule has 10 atom stereocenters. The van der Waals surface area contributed by atoms with Crippen LogP contribution in [0.4, 0.5) is 5.82 Å². The summed E-state index contributed by atoms with van der Waals surface area (Å²) in [5.74, 6) is -1.33. The number of rotatable bonds is 1. The van der Waals surface area contributed by atoms with Crippen molar-refractivity contribution in [3.05, 3.63) is 82.3 Å². The molecule has 2 spiro atoms. The summed E-state index contributed by atoms with van der Waals surface area (Å²) in [4.78, 5) is 33.8. The highest BCUT2D eigenvalue weighted by molar-refractivity contribution is 8.77. The van der Waals surface area contributed by atoms with Crippen LogP contribution in [0.1, 0.15) is 70.9 Å². The Balaban J connectivity index is 1.24. The van der Waals surface area contributed by atoms with Gasteiger partial charge in [-0.05, 0) is 61.4 Å². The quantitative estimate of drug-likeness (QED) is 0.233. The Morgan fingerprint density at radius 1 is 1.12 bits per heavy atom. The number of anilines is 1. The van der Waals surface area contributed by atoms with Crippen LogP contribution in [-0.4, -0.2) is 90.0 Å². The van der Waals surface area contributed by atoms with Crippen molar-refractivity contribution in [2.45, 2.75) is 80.0 Å². The van der Waals surface area contributed by atoms with E-state index in [0.717, 1.165) is 29.5 Å². The van der Waals surface area contributed by atoms with Gasteiger partial charge in [-0.3, -0.25) is 9.59 Å². The molecule has 0 radical (unpaired) electrons. The van der Waals surface area contributed by atoms with E-state index in [1.807, 2.05) is 6.07 Å². The summed E-state index contributed by atoms with van der Waals surface area (Å²) in [6.07, 6.45) is 3.81. The van der Waals surface area contributed by atoms with Crippen LogP contribution in [0.15, 0.2) is 60.0 Å². The molecule has 1 aromatic heterocycles. The molecule has 50 heavy (non-hydrogen) atoms. The summed E-state index contributed by atoms with van der Waals surface area (Å²) in [6.45, 7) is 1.09. The van der Waals surface area contributed by atoms with Gasteiger partial charge >= 0.3 is 0 Å². The molecule has 13 heteroatoms. The predicted octanol–water partition coefficient (Wildman–Crippen LogP) is 4.08. The van der Waals surface area contributed by atoms with Gasteiger partial charge < -0.3 is 40.3 Å². The molecule has 10 bridgehead atoms. The summed E-state index contributed by atoms with van der Waals surface area (Å²) < 4.78 is 12.2. The minimum atomic E-state index is -2.21. The predicted molar refractivity (Wildman–Crippen MR) is 187 cm³/mol. The monoisotopic (exact) mass is 718 g/mol. The second-order valence-corrected chi connectivity index (χ2v) is 17.4. The molecule has 262 valence electrons. The molecule has 0 unspecified atom stereocenters. The standard InChI is InChI=1S/C37H38N2O9S2/c1-17-10-22-29(42)20-5-2-6-23-28(20)31(44)36(22,25(41)11-17)16-49-50-26-13-18-12-19-4-3-8-35(19,21-7-9-38-33(39-26)27(18)21)15-37(46)30(43)24(14-40)48-34(47-23)32(37)45/h2,5-7,9-12,19,22,24,26,30,32,34,40-41,43,45-46H,3-4,8,13-16H2,1H3,(H,38,39)/t19-,22-,24-,26-,30-,32+,34-,35+,36+,37+/m1/s1. The maximum atomic E-state index is 14.9. The lowest BCUT2D eigenvalue weighted by Crippen LogP contribution is -2.70. The molecule has 1 saturated carbocycles. The van der Waals surface area contributed by atoms with Gasteiger partial charge in [0.1, 0.15) is 46.7 Å². The highest BCUT2D eigenvalue weighted by Gasteiger charge is 2.63. The first kappa shape index (κ1) is 32.7. The first-order valence-electron chi connectivity index (χ1n) is 17.1. The number of allylic oxidation sites excluding steroid dienone is 5. The third-order valence-corrected chi connectivity index (χ3v) is 14.9. The second kappa shape index (κ2) is 11.4. The molecule has 5 aliphatic heterocycles. The average molecular weight is 719 g/mol. The van der Waals surface area contributed by atoms with Gasteiger partial charge in [-0.2, -0.15) is 0 Å². The normalized spacial score (nSPS) is 39.9. The number of ketones is 2. The zero-order valence-electron chi connectivity index (χ0n) is 27.2. The van der Waals surface area contributed by atoms with Crippen LogP contribution in [0, 0.1) is 17.3 Å². The fraction of sp³-hybridized carbons (Fsp3) is 0.486. The van der Waals surface area contributed by atoms with E-state index < -0.39 is 59.3 Å². The molecule has 4 aliphatic carbocycles. The number of nitrogens with one attached hydrogen (secondary N) is 1. The highest BCUT2D eigenvalue weighted by atomic mass is 33.1. The smallest absolute Gasteiger partial charge is 0.229 e. The van der Waals surface area contributed by atoms with E-state index in [4.69, 9.17) is 14.5 Å². The lowest BCUT2D eigenvalue weighted by molar-refractivity contribution is -0.318. The first-order valence-corrected chi connectivity index (χ1v) is 19.5. The van der Waals surface area contributed by atoms with Crippen molar-refractivity contribution < 1.29 is 44.6 Å². The Morgan fingerprint density at radius 2 is 1.96 bits per heavy atom. The Labute approximate surface area is 296 Å². The van der Waals surface area contributed by atoms with E-state index in [2.05, 4.69) is 11.4 Å². The zero-order valence-corrected chi connectivity index (χ0v) is 28.9. The molecule has 2 fully saturated rings. The molecule has 6 N–H and O–H groups in total. The largest absolute Gasteiger partial charge is 0.511 e. The molecule has 6 heterocycles. The molecular weight excluding hydrogens is 681 g/mol. The molecule has 1 saturated heterocycles. The molecule has 9 aliphatic rings. The van der Waals surface area contributed by atoms with E-state index in [0.29, 0.717) is 24.2 Å². The molecule has 11 rings (SSSR count). The topological polar surface area (TPSA) is 179 Å². The molecule has 1 aromatic carbocycles. The van der Waals surface area contributed by atoms with Crippen molar-refractivity contribution >= 4 is 44.5 Å². The summed E-state index contributed by atoms with van der Waals surface area (Å²) in [6, 6.07) is 6.58. The average Bonchev–Trinajstić information content (AvgIpc) is 3.51. The third kappa shape index (κ3) is 4.34. The Bertz CT molecular complexity index is 1930. The Kier molecular flexibility index (Phi) is 7.47. The first-order chi connectivity index (χ1) is 24.0. The Morgan fingerprint density at radius 3 is 2.78 bits per heavy atom. The number of aromatic nitrogens is 1. The van der Waals surface area contributed by atoms with Gasteiger partial charge in [0.2, 0.25) is 6.29 Å². The van der Waals surface area contributed by atoms with Crippen LogP contribution in [0.2, 0.25) is 0 Å². The Hall–Kier alpha value is -3.17. The lowest BCUT2D eigenvalue weighted by atomic mass is 9.59. The van der Waals surface area contributed by atoms with E-state index >= 15 is 0 Å². The van der Waals surface area contributed by atoms with Crippen molar-refractivity contribution in [3.8, 4) is 5.75 Å². The number of hydrogen-bond donors (Lipinski definition) is 6. The fourth-order valence-corrected chi connectivity index (χ4v) is 12.7. The van der Waals surface area contributed by atoms with E-state index in [1.54, 1.807) is 31.3 Å². The van der Waals surface area contributed by atoms with Crippen molar-refractivity contribution in [1.82, 2.24) is 4.98 Å². The van der Waals surface area contributed by atoms with Crippen LogP contribution >= 0.6 is 21.6 Å². The zero-order chi connectivity index (χ0) is 34.7. The van der Waals surface area contributed by atoms with E-state index in [-0.39, 0.29) is 51.9 Å². The van der Waals surface area contributed by atoms with Crippen molar-refractivity contribution in [3.63, 3.8) is 0 Å². The van der Waals surface area contributed by atoms with Crippen LogP contribution in [-0.2, 0) is 10.2 Å². The summed E-state index contributed by atoms with van der Waals surface area (Å²) in [5.41, 5.74) is -0.706. The van der Waals surface area contributed by atoms with E-state index in [9.17, 15) is 35.1 Å². The number of aliphatic hydroxyl groups is 5. The van der Waals surface area contributed by atoms with Gasteiger partial charge in [-0.25, -0.2) is 4.98 Å². The maximum Gasteiger partial charge on any atom is 0.229 e. The number of ether oxygens (including phenoxy) is 2. The molecule has 0 amide bonds. The number of hydrogen-bond acceptors (Lipinski definition) is 13. The fourth-order valence-electron chi connectivity index (χ4n) is 9.80. The summed E-state index contributed by atoms with van der Waals surface area (Å²) in [5, 5.41) is 61.6. The summed E-state index contributed by atoms with van der Waals surface area (Å²) in [7, 11) is 2.95. The number of aliphatic hydroxyl groups excluding tert-OH is 4. The second-order valence-electron chi connectivity index (χ2n) is 14.8. The number of benzene rings is 1. The SMILES string of the molecule is CC1=C[C@@H]2C(=O)c3cccc4c3C(=O)[C@]2(CSS[C@@H]2CC3=C[C@H]5CCC[C@@]5(C[C@]5(O)[C@H](O)[C@@H](CO)O[C@@H](O4)[C@@H]5O)c4ccnc(c43)N2)C(O)=C1. The molecule has 11 nitrogen and oxygen atoms in total. The van der Waals surface area contributed by atoms with Crippen LogP contribution in [0.3, 0.4) is 0 Å². The van der Waals surface area contributed by atoms with Gasteiger partial charge in [0.25, 0.3) is 0 Å². The number of carbonyl (C=O) groups excluding carboxylic acids is 2. The van der Waals surface area contributed by atoms with Crippen molar-refractivity contribution in [2.75, 3.05) is 17.7 Å². The minimum Gasteiger partial charge on any atom is -0.511 e. The number of carbonyl (C=O) groups is 2. The van der Waals surface area contributed by atoms with Gasteiger partial charge in [0, 0.05) is 34.9 Å². The van der Waals surface area contributed by atoms with Crippen LogP contribution < -0.4 is 10.1 Å². The van der Waals surface area contributed by atoms with Gasteiger partial charge in [-0.15, -0.1) is 0 Å². The lowest BCUT2D eigenvalue weighted by Gasteiger charge is -2.53. The molecule has 2 aromatic rings. The van der Waals surface area contributed by atoms with Crippen LogP contribution in [0.5, 0.6) is 5.75 Å². The number of Topliss-reactive ketones (excluding diaryl/α,β-unsaturated/α-hetero) is 2. The number of nitrogens with zero attached hydrogens (tertiary/aromatic N) is 1. The maximum absolute atomic E-state index is 14.9. The highest BCUT2D eigenvalue weighted by Crippen LogP contribution is 2.60. The summed E-state index contributed by atoms with van der Waals surface area (Å²) >= 11 is 0. The third-order valence-electron chi connectivity index (χ3n) is 12.2. The number of pyridine rings is 1. The van der Waals surface area contributed by atoms with Gasteiger partial charge in [-0.1, -0.05) is 57.9 Å². The molecular formula is C37H38N2O9S2. The van der Waals surface area contributed by atoms with Crippen LogP contribution in [0.25, 0.3) is 5.57 Å². The van der Waals surface area contributed by atoms with Crippen molar-refractivity contribution in [2.24, 2.45) is 17.3 Å². The van der Waals surface area contributed by atoms with Gasteiger partial charge in [0.15, 0.2) is 11.6 Å². The minimum absolute atomic E-state index is 0.00893. The van der Waals surface area contributed by atoms with Gasteiger partial charge in [0.05, 0.1) is 23.5 Å².